The van der Waals surface area contributed by atoms with Crippen molar-refractivity contribution in [3.05, 3.63) is 42.2 Å². The van der Waals surface area contributed by atoms with Crippen molar-refractivity contribution in [2.24, 2.45) is 0 Å². The molecule has 0 bridgehead atoms. The third-order valence-corrected chi connectivity index (χ3v) is 3.92. The minimum absolute atomic E-state index is 0.126. The van der Waals surface area contributed by atoms with E-state index in [0.29, 0.717) is 10.8 Å². The second-order valence-corrected chi connectivity index (χ2v) is 5.84. The van der Waals surface area contributed by atoms with Crippen molar-refractivity contribution >= 4 is 17.2 Å². The van der Waals surface area contributed by atoms with E-state index in [0.717, 1.165) is 18.8 Å². The van der Waals surface area contributed by atoms with Gasteiger partial charge in [-0.25, -0.2) is 14.1 Å². The van der Waals surface area contributed by atoms with E-state index < -0.39 is 0 Å². The molecule has 2 unspecified atom stereocenters. The van der Waals surface area contributed by atoms with Crippen LogP contribution in [0.25, 0.3) is 5.69 Å². The van der Waals surface area contributed by atoms with Gasteiger partial charge in [0.05, 0.1) is 17.9 Å². The molecule has 2 heterocycles. The van der Waals surface area contributed by atoms with Gasteiger partial charge < -0.3 is 9.64 Å². The van der Waals surface area contributed by atoms with Gasteiger partial charge in [0.1, 0.15) is 17.1 Å². The maximum atomic E-state index is 13.0. The molecule has 0 aliphatic carbocycles. The van der Waals surface area contributed by atoms with Crippen LogP contribution in [-0.4, -0.2) is 50.0 Å². The first-order valence-corrected chi connectivity index (χ1v) is 7.56. The Kier molecular flexibility index (Phi) is 4.17. The predicted molar refractivity (Wildman–Crippen MR) is 84.6 cm³/mol. The highest BCUT2D eigenvalue weighted by Crippen LogP contribution is 2.14. The molecule has 1 aliphatic rings. The summed E-state index contributed by atoms with van der Waals surface area (Å²) in [7, 11) is 0. The maximum Gasteiger partial charge on any atom is 0.209 e. The quantitative estimate of drug-likeness (QED) is 0.794. The van der Waals surface area contributed by atoms with Gasteiger partial charge >= 0.3 is 0 Å². The van der Waals surface area contributed by atoms with E-state index in [-0.39, 0.29) is 18.0 Å². The molecule has 7 heteroatoms. The van der Waals surface area contributed by atoms with Crippen molar-refractivity contribution in [1.82, 2.24) is 19.7 Å². The molecule has 1 fully saturated rings. The summed E-state index contributed by atoms with van der Waals surface area (Å²) in [5.41, 5.74) is 0.742. The van der Waals surface area contributed by atoms with Crippen LogP contribution in [0.2, 0.25) is 0 Å². The highest BCUT2D eigenvalue weighted by atomic mass is 32.1. The minimum atomic E-state index is -0.282. The first kappa shape index (κ1) is 15.1. The van der Waals surface area contributed by atoms with Crippen LogP contribution in [0.15, 0.2) is 30.6 Å². The van der Waals surface area contributed by atoms with Crippen molar-refractivity contribution in [2.75, 3.05) is 13.1 Å². The summed E-state index contributed by atoms with van der Waals surface area (Å²) >= 11 is 5.50. The van der Waals surface area contributed by atoms with E-state index in [4.69, 9.17) is 17.0 Å². The molecule has 1 aliphatic heterocycles. The van der Waals surface area contributed by atoms with Gasteiger partial charge in [0.15, 0.2) is 0 Å². The van der Waals surface area contributed by atoms with Crippen molar-refractivity contribution < 1.29 is 9.13 Å². The van der Waals surface area contributed by atoms with E-state index in [1.165, 1.54) is 12.1 Å². The number of nitrogens with zero attached hydrogens (tertiary/aromatic N) is 4. The largest absolute Gasteiger partial charge is 0.372 e. The molecule has 3 rings (SSSR count). The van der Waals surface area contributed by atoms with Gasteiger partial charge in [-0.3, -0.25) is 0 Å². The fourth-order valence-electron chi connectivity index (χ4n) is 2.56. The standard InChI is InChI=1S/C15H17FN4OS/c1-10-7-19(8-11(2)21-10)15(22)14-17-9-20(18-14)13-5-3-12(16)4-6-13/h3-6,9-11H,7-8H2,1-2H3. The highest BCUT2D eigenvalue weighted by Gasteiger charge is 2.26. The number of aromatic nitrogens is 3. The first-order chi connectivity index (χ1) is 10.5. The summed E-state index contributed by atoms with van der Waals surface area (Å²) in [4.78, 5) is 6.96. The zero-order valence-corrected chi connectivity index (χ0v) is 13.3. The molecule has 0 N–H and O–H groups in total. The molecule has 0 saturated carbocycles. The number of benzene rings is 1. The van der Waals surface area contributed by atoms with Gasteiger partial charge in [-0.1, -0.05) is 12.2 Å². The van der Waals surface area contributed by atoms with Crippen molar-refractivity contribution in [2.45, 2.75) is 26.1 Å². The number of morpholine rings is 1. The monoisotopic (exact) mass is 320 g/mol. The molecule has 0 radical (unpaired) electrons. The first-order valence-electron chi connectivity index (χ1n) is 7.15. The van der Waals surface area contributed by atoms with Gasteiger partial charge in [-0.05, 0) is 38.1 Å². The predicted octanol–water partition coefficient (Wildman–Crippen LogP) is 2.19. The number of halogens is 1. The summed E-state index contributed by atoms with van der Waals surface area (Å²) in [6.07, 6.45) is 1.84. The Morgan fingerprint density at radius 2 is 1.86 bits per heavy atom. The fraction of sp³-hybridized carbons (Fsp3) is 0.400. The molecule has 116 valence electrons. The zero-order chi connectivity index (χ0) is 15.7. The average molecular weight is 320 g/mol. The molecular weight excluding hydrogens is 303 g/mol. The van der Waals surface area contributed by atoms with Crippen LogP contribution in [0.4, 0.5) is 4.39 Å². The number of hydrogen-bond donors (Lipinski definition) is 0. The second-order valence-electron chi connectivity index (χ2n) is 5.46. The van der Waals surface area contributed by atoms with Crippen molar-refractivity contribution in [1.29, 1.82) is 0 Å². The SMILES string of the molecule is CC1CN(C(=S)c2ncn(-c3ccc(F)cc3)n2)CC(C)O1. The number of ether oxygens (including phenoxy) is 1. The molecule has 2 aromatic rings. The molecule has 1 aromatic carbocycles. The molecule has 1 aromatic heterocycles. The van der Waals surface area contributed by atoms with E-state index >= 15 is 0 Å². The van der Waals surface area contributed by atoms with E-state index in [2.05, 4.69) is 15.0 Å². The van der Waals surface area contributed by atoms with Crippen LogP contribution in [0, 0.1) is 5.82 Å². The van der Waals surface area contributed by atoms with Gasteiger partial charge in [-0.15, -0.1) is 5.10 Å². The molecule has 0 amide bonds. The molecular formula is C15H17FN4OS. The van der Waals surface area contributed by atoms with E-state index in [1.807, 2.05) is 13.8 Å². The van der Waals surface area contributed by atoms with Crippen LogP contribution in [0.3, 0.4) is 0 Å². The van der Waals surface area contributed by atoms with E-state index in [1.54, 1.807) is 23.1 Å². The Bertz CT molecular complexity index is 662. The van der Waals surface area contributed by atoms with Crippen molar-refractivity contribution in [3.63, 3.8) is 0 Å². The molecule has 22 heavy (non-hydrogen) atoms. The van der Waals surface area contributed by atoms with Crippen LogP contribution in [0.1, 0.15) is 19.7 Å². The summed E-state index contributed by atoms with van der Waals surface area (Å²) in [5, 5.41) is 4.39. The molecule has 1 saturated heterocycles. The molecule has 2 atom stereocenters. The second kappa shape index (κ2) is 6.10. The van der Waals surface area contributed by atoms with Gasteiger partial charge in [0.2, 0.25) is 5.82 Å². The van der Waals surface area contributed by atoms with Crippen LogP contribution >= 0.6 is 12.2 Å². The topological polar surface area (TPSA) is 43.2 Å². The van der Waals surface area contributed by atoms with Crippen LogP contribution < -0.4 is 0 Å². The lowest BCUT2D eigenvalue weighted by molar-refractivity contribution is -0.0473. The lowest BCUT2D eigenvalue weighted by Crippen LogP contribution is -2.48. The maximum absolute atomic E-state index is 13.0. The third kappa shape index (κ3) is 3.15. The van der Waals surface area contributed by atoms with Crippen molar-refractivity contribution in [3.8, 4) is 5.69 Å². The van der Waals surface area contributed by atoms with Crippen LogP contribution in [-0.2, 0) is 4.74 Å². The van der Waals surface area contributed by atoms with Gasteiger partial charge in [-0.2, -0.15) is 0 Å². The van der Waals surface area contributed by atoms with Crippen LogP contribution in [0.5, 0.6) is 0 Å². The summed E-state index contributed by atoms with van der Waals surface area (Å²) in [5.74, 6) is 0.219. The summed E-state index contributed by atoms with van der Waals surface area (Å²) < 4.78 is 20.3. The smallest absolute Gasteiger partial charge is 0.209 e. The average Bonchev–Trinajstić information content (AvgIpc) is 2.96. The van der Waals surface area contributed by atoms with E-state index in [9.17, 15) is 4.39 Å². The Morgan fingerprint density at radius 1 is 1.23 bits per heavy atom. The lowest BCUT2D eigenvalue weighted by Gasteiger charge is -2.36. The Morgan fingerprint density at radius 3 is 2.50 bits per heavy atom. The summed E-state index contributed by atoms with van der Waals surface area (Å²) in [6.45, 7) is 5.51. The third-order valence-electron chi connectivity index (χ3n) is 3.48. The Balaban J connectivity index is 1.78. The normalized spacial score (nSPS) is 21.9. The Labute approximate surface area is 133 Å². The zero-order valence-electron chi connectivity index (χ0n) is 12.4. The number of hydrogen-bond acceptors (Lipinski definition) is 4. The Hall–Kier alpha value is -1.86. The molecule has 0 spiro atoms. The number of thiocarbonyl (C=S) groups is 1. The minimum Gasteiger partial charge on any atom is -0.372 e. The number of rotatable bonds is 2. The van der Waals surface area contributed by atoms with Gasteiger partial charge in [0.25, 0.3) is 0 Å². The molecule has 5 nitrogen and oxygen atoms in total. The summed E-state index contributed by atoms with van der Waals surface area (Å²) in [6, 6.07) is 6.08. The van der Waals surface area contributed by atoms with Gasteiger partial charge in [0, 0.05) is 13.1 Å². The fourth-order valence-corrected chi connectivity index (χ4v) is 2.81. The highest BCUT2D eigenvalue weighted by molar-refractivity contribution is 7.80. The lowest BCUT2D eigenvalue weighted by atomic mass is 10.2.